The van der Waals surface area contributed by atoms with Crippen LogP contribution in [-0.4, -0.2) is 24.2 Å². The molecule has 0 aromatic heterocycles. The largest absolute Gasteiger partial charge is 0.453 e. The number of hydrogen-bond acceptors (Lipinski definition) is 3. The Bertz CT molecular complexity index is 493. The fourth-order valence-electron chi connectivity index (χ4n) is 1.03. The summed E-state index contributed by atoms with van der Waals surface area (Å²) in [5, 5.41) is 0.116. The molecule has 0 spiro atoms. The van der Waals surface area contributed by atoms with Crippen LogP contribution in [0, 0.1) is 0 Å². The van der Waals surface area contributed by atoms with Gasteiger partial charge in [0.1, 0.15) is 0 Å². The zero-order chi connectivity index (χ0) is 15.6. The van der Waals surface area contributed by atoms with Crippen LogP contribution in [0.4, 0.5) is 32.0 Å². The van der Waals surface area contributed by atoms with E-state index < -0.39 is 24.2 Å². The van der Waals surface area contributed by atoms with Gasteiger partial charge < -0.3 is 0 Å². The predicted octanol–water partition coefficient (Wildman–Crippen LogP) is 3.75. The van der Waals surface area contributed by atoms with Crippen LogP contribution >= 0.6 is 11.6 Å². The van der Waals surface area contributed by atoms with Gasteiger partial charge in [0.15, 0.2) is 0 Å². The van der Waals surface area contributed by atoms with Crippen molar-refractivity contribution in [3.8, 4) is 0 Å². The molecule has 0 bridgehead atoms. The van der Waals surface area contributed by atoms with Gasteiger partial charge in [-0.3, -0.25) is 10.3 Å². The Morgan fingerprint density at radius 1 is 1.25 bits per heavy atom. The van der Waals surface area contributed by atoms with Crippen LogP contribution in [0.3, 0.4) is 0 Å². The Kier molecular flexibility index (Phi) is 4.87. The topological polar surface area (TPSA) is 38.3 Å². The van der Waals surface area contributed by atoms with Crippen molar-refractivity contribution in [1.82, 2.24) is 0 Å². The first-order valence-corrected chi connectivity index (χ1v) is 5.24. The highest BCUT2D eigenvalue weighted by atomic mass is 35.5. The van der Waals surface area contributed by atoms with Crippen molar-refractivity contribution in [3.63, 3.8) is 0 Å². The van der Waals surface area contributed by atoms with Crippen molar-refractivity contribution in [2.45, 2.75) is 18.5 Å². The fraction of sp³-hybridized carbons (Fsp3) is 0.300. The summed E-state index contributed by atoms with van der Waals surface area (Å²) in [7, 11) is 0. The van der Waals surface area contributed by atoms with Gasteiger partial charge in [0.05, 0.1) is 5.69 Å². The van der Waals surface area contributed by atoms with Crippen molar-refractivity contribution < 1.29 is 36.0 Å². The summed E-state index contributed by atoms with van der Waals surface area (Å²) in [5.41, 5.74) is 1.36. The Labute approximate surface area is 113 Å². The summed E-state index contributed by atoms with van der Waals surface area (Å²) >= 11 is 5.51. The van der Waals surface area contributed by atoms with E-state index in [1.165, 1.54) is 23.7 Å². The van der Waals surface area contributed by atoms with E-state index in [4.69, 9.17) is 11.6 Å². The molecule has 0 aliphatic carbocycles. The van der Waals surface area contributed by atoms with Crippen molar-refractivity contribution in [2.75, 3.05) is 5.48 Å². The number of rotatable bonds is 5. The summed E-state index contributed by atoms with van der Waals surface area (Å²) in [4.78, 5) is 13.9. The number of anilines is 1. The highest BCUT2D eigenvalue weighted by molar-refractivity contribution is 6.30. The zero-order valence-corrected chi connectivity index (χ0v) is 10.1. The molecule has 0 aliphatic heterocycles. The summed E-state index contributed by atoms with van der Waals surface area (Å²) in [6, 6.07) is 4.98. The first-order valence-electron chi connectivity index (χ1n) is 4.86. The Balaban J connectivity index is 2.72. The van der Waals surface area contributed by atoms with Gasteiger partial charge in [0.2, 0.25) is 0 Å². The maximum Gasteiger partial charge on any atom is 0.453 e. The maximum absolute atomic E-state index is 13.0. The second-order valence-electron chi connectivity index (χ2n) is 3.50. The molecule has 0 heterocycles. The Morgan fingerprint density at radius 3 is 2.35 bits per heavy atom. The van der Waals surface area contributed by atoms with Crippen LogP contribution in [0.1, 0.15) is 0 Å². The van der Waals surface area contributed by atoms with Gasteiger partial charge in [-0.2, -0.15) is 22.0 Å². The van der Waals surface area contributed by atoms with Crippen molar-refractivity contribution in [3.05, 3.63) is 29.3 Å². The van der Waals surface area contributed by atoms with Crippen LogP contribution in [-0.2, 0) is 9.63 Å². The lowest BCUT2D eigenvalue weighted by molar-refractivity contribution is -0.263. The molecule has 0 amide bonds. The minimum absolute atomic E-state index is 0.116. The normalized spacial score (nSPS) is 13.9. The lowest BCUT2D eigenvalue weighted by Crippen LogP contribution is -2.46. The molecule has 0 saturated carbocycles. The van der Waals surface area contributed by atoms with E-state index in [9.17, 15) is 31.1 Å². The number of hydrogen-bond donors (Lipinski definition) is 1. The average Bonchev–Trinajstić information content (AvgIpc) is 2.33. The number of alkyl halides is 6. The number of halogens is 7. The number of carbonyl (C=O) groups excluding carboxylic acids is 1. The molecule has 1 rings (SSSR count). The number of carbonyl (C=O) groups is 1. The first kappa shape index (κ1) is 16.6. The third kappa shape index (κ3) is 4.27. The second-order valence-corrected chi connectivity index (χ2v) is 3.94. The molecule has 0 aliphatic rings. The van der Waals surface area contributed by atoms with Crippen LogP contribution in [0.2, 0.25) is 5.02 Å². The monoisotopic (exact) mass is 321 g/mol. The van der Waals surface area contributed by atoms with Crippen LogP contribution < -0.4 is 5.48 Å². The third-order valence-electron chi connectivity index (χ3n) is 1.93. The molecule has 20 heavy (non-hydrogen) atoms. The summed E-state index contributed by atoms with van der Waals surface area (Å²) in [5.74, 6) is -3.24. The molecule has 1 atom stereocenters. The quantitative estimate of drug-likeness (QED) is 0.663. The number of nitrogens with one attached hydrogen (secondary N) is 1. The van der Waals surface area contributed by atoms with Crippen molar-refractivity contribution in [2.24, 2.45) is 0 Å². The minimum Gasteiger partial charge on any atom is -0.286 e. The van der Waals surface area contributed by atoms with Gasteiger partial charge in [-0.25, -0.2) is 9.23 Å². The van der Waals surface area contributed by atoms with Gasteiger partial charge in [-0.05, 0) is 18.2 Å². The molecule has 10 heteroatoms. The molecular formula is C10H6ClF6NO2. The first-order chi connectivity index (χ1) is 9.04. The second kappa shape index (κ2) is 5.88. The van der Waals surface area contributed by atoms with Crippen LogP contribution in [0.5, 0.6) is 0 Å². The van der Waals surface area contributed by atoms with E-state index >= 15 is 0 Å². The molecule has 1 N–H and O–H groups in total. The van der Waals surface area contributed by atoms with Gasteiger partial charge in [-0.15, -0.1) is 0 Å². The van der Waals surface area contributed by atoms with Crippen LogP contribution in [0.15, 0.2) is 24.3 Å². The number of Topliss-reactive ketones (excluding diaryl/α,β-unsaturated/α-hetero) is 1. The number of ketones is 1. The van der Waals surface area contributed by atoms with Crippen molar-refractivity contribution >= 4 is 23.1 Å². The number of benzene rings is 1. The fourth-order valence-corrected chi connectivity index (χ4v) is 1.22. The third-order valence-corrected chi connectivity index (χ3v) is 2.17. The van der Waals surface area contributed by atoms with E-state index in [-0.39, 0.29) is 10.7 Å². The van der Waals surface area contributed by atoms with Gasteiger partial charge >= 0.3 is 12.3 Å². The lowest BCUT2D eigenvalue weighted by atomic mass is 10.2. The van der Waals surface area contributed by atoms with Gasteiger partial charge in [-0.1, -0.05) is 17.7 Å². The van der Waals surface area contributed by atoms with Gasteiger partial charge in [0.25, 0.3) is 12.0 Å². The van der Waals surface area contributed by atoms with E-state index in [1.807, 2.05) is 0 Å². The molecular weight excluding hydrogens is 316 g/mol. The molecule has 0 radical (unpaired) electrons. The van der Waals surface area contributed by atoms with E-state index in [0.29, 0.717) is 0 Å². The predicted molar refractivity (Wildman–Crippen MR) is 57.1 cm³/mol. The van der Waals surface area contributed by atoms with E-state index in [1.54, 1.807) is 0 Å². The van der Waals surface area contributed by atoms with E-state index in [0.717, 1.165) is 6.07 Å². The molecule has 0 unspecified atom stereocenters. The molecule has 0 saturated heterocycles. The standard InChI is InChI=1S/C10H6ClF6NO2/c11-5-2-1-3-6(4-5)18-20-10(16,17)7(12)8(19)9(13,14)15/h1-4,7,18H/t7-/m0/s1. The van der Waals surface area contributed by atoms with Crippen LogP contribution in [0.25, 0.3) is 0 Å². The highest BCUT2D eigenvalue weighted by Crippen LogP contribution is 2.30. The zero-order valence-electron chi connectivity index (χ0n) is 9.35. The Hall–Kier alpha value is -1.48. The Morgan fingerprint density at radius 2 is 1.85 bits per heavy atom. The molecule has 112 valence electrons. The maximum atomic E-state index is 13.0. The molecule has 3 nitrogen and oxygen atoms in total. The molecule has 0 fully saturated rings. The minimum atomic E-state index is -5.73. The summed E-state index contributed by atoms with van der Waals surface area (Å²) in [6.07, 6.45) is -14.9. The average molecular weight is 322 g/mol. The van der Waals surface area contributed by atoms with Crippen molar-refractivity contribution in [1.29, 1.82) is 0 Å². The lowest BCUT2D eigenvalue weighted by Gasteiger charge is -2.20. The molecule has 1 aromatic carbocycles. The summed E-state index contributed by atoms with van der Waals surface area (Å²) < 4.78 is 74.3. The molecule has 1 aromatic rings. The van der Waals surface area contributed by atoms with Gasteiger partial charge in [0, 0.05) is 5.02 Å². The smallest absolute Gasteiger partial charge is 0.286 e. The summed E-state index contributed by atoms with van der Waals surface area (Å²) in [6.45, 7) is 0. The van der Waals surface area contributed by atoms with E-state index in [2.05, 4.69) is 4.84 Å². The highest BCUT2D eigenvalue weighted by Gasteiger charge is 2.56. The SMILES string of the molecule is O=C([C@H](F)C(F)(F)ONc1cccc(Cl)c1)C(F)(F)F.